The molecule has 2 aliphatic rings. The fourth-order valence-corrected chi connectivity index (χ4v) is 6.01. The number of likely N-dealkylation sites (tertiary alicyclic amines) is 1. The Kier molecular flexibility index (Phi) is 7.83. The van der Waals surface area contributed by atoms with Crippen molar-refractivity contribution in [1.29, 1.82) is 0 Å². The van der Waals surface area contributed by atoms with Crippen molar-refractivity contribution in [1.82, 2.24) is 14.9 Å². The first-order chi connectivity index (χ1) is 18.0. The Morgan fingerprint density at radius 3 is 2.68 bits per heavy atom. The molecule has 0 unspecified atom stereocenters. The zero-order valence-corrected chi connectivity index (χ0v) is 21.8. The minimum atomic E-state index is -3.99. The summed E-state index contributed by atoms with van der Waals surface area (Å²) in [6, 6.07) is 11.8. The topological polar surface area (TPSA) is 93.7 Å². The molecule has 8 nitrogen and oxygen atoms in total. The highest BCUT2D eigenvalue weighted by molar-refractivity contribution is 7.92. The summed E-state index contributed by atoms with van der Waals surface area (Å²) in [5.74, 6) is 0.0402. The molecule has 0 radical (unpaired) electrons. The van der Waals surface area contributed by atoms with Crippen molar-refractivity contribution in [3.63, 3.8) is 0 Å². The second kappa shape index (κ2) is 11.4. The highest BCUT2D eigenvalue weighted by Crippen LogP contribution is 2.30. The highest BCUT2D eigenvalue weighted by Gasteiger charge is 2.23. The number of hydrogen-bond donors (Lipinski definition) is 1. The second-order valence-corrected chi connectivity index (χ2v) is 11.0. The number of ether oxygens (including phenoxy) is 2. The lowest BCUT2D eigenvalue weighted by atomic mass is 10.0. The van der Waals surface area contributed by atoms with E-state index in [1.807, 2.05) is 18.2 Å². The molecule has 1 N–H and O–H groups in total. The number of piperidine rings is 1. The van der Waals surface area contributed by atoms with E-state index in [4.69, 9.17) is 9.47 Å². The van der Waals surface area contributed by atoms with Crippen LogP contribution in [0, 0.1) is 0 Å². The van der Waals surface area contributed by atoms with Crippen LogP contribution in [-0.4, -0.2) is 56.7 Å². The van der Waals surface area contributed by atoms with Gasteiger partial charge in [0.15, 0.2) is 0 Å². The van der Waals surface area contributed by atoms with Crippen LogP contribution in [0.25, 0.3) is 16.7 Å². The van der Waals surface area contributed by atoms with E-state index in [0.29, 0.717) is 25.3 Å². The number of aromatic nitrogens is 2. The average Bonchev–Trinajstić information content (AvgIpc) is 2.94. The van der Waals surface area contributed by atoms with Gasteiger partial charge in [-0.25, -0.2) is 13.4 Å². The molecular weight excluding hydrogens is 488 g/mol. The summed E-state index contributed by atoms with van der Waals surface area (Å²) >= 11 is 0. The molecule has 0 aliphatic carbocycles. The fraction of sp³-hybridized carbons (Fsp3) is 0.357. The Labute approximate surface area is 218 Å². The van der Waals surface area contributed by atoms with Crippen LogP contribution in [0.15, 0.2) is 66.0 Å². The summed E-state index contributed by atoms with van der Waals surface area (Å²) in [6.45, 7) is 4.27. The zero-order valence-electron chi connectivity index (χ0n) is 21.0. The van der Waals surface area contributed by atoms with Crippen LogP contribution < -0.4 is 9.46 Å². The molecule has 4 heterocycles. The van der Waals surface area contributed by atoms with Crippen LogP contribution >= 0.6 is 0 Å². The zero-order chi connectivity index (χ0) is 25.7. The molecule has 37 heavy (non-hydrogen) atoms. The largest absolute Gasteiger partial charge is 0.480 e. The predicted octanol–water partition coefficient (Wildman–Crippen LogP) is 4.74. The van der Waals surface area contributed by atoms with Crippen LogP contribution in [-0.2, 0) is 21.3 Å². The highest BCUT2D eigenvalue weighted by atomic mass is 32.2. The van der Waals surface area contributed by atoms with E-state index in [9.17, 15) is 8.42 Å². The molecule has 2 aliphatic heterocycles. The lowest BCUT2D eigenvalue weighted by Crippen LogP contribution is -2.29. The van der Waals surface area contributed by atoms with Gasteiger partial charge < -0.3 is 9.47 Å². The molecule has 1 fully saturated rings. The van der Waals surface area contributed by atoms with E-state index in [2.05, 4.69) is 31.7 Å². The van der Waals surface area contributed by atoms with Crippen LogP contribution in [0.4, 0.5) is 5.69 Å². The molecule has 5 rings (SSSR count). The van der Waals surface area contributed by atoms with E-state index in [0.717, 1.165) is 41.9 Å². The van der Waals surface area contributed by atoms with E-state index in [1.165, 1.54) is 38.1 Å². The molecule has 0 amide bonds. The van der Waals surface area contributed by atoms with E-state index in [-0.39, 0.29) is 10.8 Å². The summed E-state index contributed by atoms with van der Waals surface area (Å²) in [7, 11) is -2.58. The average molecular weight is 521 g/mol. The van der Waals surface area contributed by atoms with Gasteiger partial charge in [-0.2, -0.15) is 0 Å². The molecule has 1 aromatic carbocycles. The second-order valence-electron chi connectivity index (χ2n) is 9.39. The van der Waals surface area contributed by atoms with Gasteiger partial charge in [-0.1, -0.05) is 30.7 Å². The van der Waals surface area contributed by atoms with Gasteiger partial charge in [0.05, 0.1) is 32.2 Å². The number of nitrogens with zero attached hydrogens (tertiary/aromatic N) is 3. The van der Waals surface area contributed by atoms with E-state index < -0.39 is 10.0 Å². The Balaban J connectivity index is 1.38. The van der Waals surface area contributed by atoms with Gasteiger partial charge >= 0.3 is 0 Å². The van der Waals surface area contributed by atoms with Crippen molar-refractivity contribution in [2.45, 2.75) is 37.1 Å². The lowest BCUT2D eigenvalue weighted by Gasteiger charge is -2.26. The molecule has 3 aromatic rings. The number of pyridine rings is 2. The minimum Gasteiger partial charge on any atom is -0.480 e. The maximum atomic E-state index is 13.4. The van der Waals surface area contributed by atoms with Crippen LogP contribution in [0.2, 0.25) is 0 Å². The van der Waals surface area contributed by atoms with Crippen LogP contribution in [0.5, 0.6) is 5.88 Å². The molecule has 194 valence electrons. The molecule has 0 bridgehead atoms. The fourth-order valence-electron chi connectivity index (χ4n) is 4.83. The van der Waals surface area contributed by atoms with Gasteiger partial charge in [-0.3, -0.25) is 14.6 Å². The number of anilines is 1. The standard InChI is InChI=1S/C28H32N4O4S/c1-35-28-27(16-25(18-30-28)22-8-12-36-13-9-22)37(33,34)31-26-15-24(17-29-19-26)23-7-5-6-21(14-23)20-32-10-3-2-4-11-32/h5-8,14-19,31H,2-4,9-13,20H2,1H3. The smallest absolute Gasteiger partial charge is 0.267 e. The Morgan fingerprint density at radius 2 is 1.89 bits per heavy atom. The summed E-state index contributed by atoms with van der Waals surface area (Å²) in [6.07, 6.45) is 11.3. The Bertz CT molecular complexity index is 1380. The van der Waals surface area contributed by atoms with Crippen molar-refractivity contribution in [2.75, 3.05) is 38.1 Å². The normalized spacial score (nSPS) is 16.7. The number of rotatable bonds is 8. The Morgan fingerprint density at radius 1 is 1.03 bits per heavy atom. The summed E-state index contributed by atoms with van der Waals surface area (Å²) in [5.41, 5.74) is 5.19. The molecule has 2 aromatic heterocycles. The van der Waals surface area contributed by atoms with Gasteiger partial charge in [0, 0.05) is 24.5 Å². The minimum absolute atomic E-state index is 0.0196. The third-order valence-electron chi connectivity index (χ3n) is 6.74. The van der Waals surface area contributed by atoms with Gasteiger partial charge in [0.2, 0.25) is 5.88 Å². The number of sulfonamides is 1. The maximum Gasteiger partial charge on any atom is 0.267 e. The van der Waals surface area contributed by atoms with Gasteiger partial charge in [-0.05, 0) is 72.8 Å². The molecule has 0 atom stereocenters. The van der Waals surface area contributed by atoms with Crippen molar-refractivity contribution in [3.8, 4) is 17.0 Å². The first-order valence-corrected chi connectivity index (χ1v) is 14.1. The Hall–Kier alpha value is -3.27. The number of nitrogens with one attached hydrogen (secondary N) is 1. The summed E-state index contributed by atoms with van der Waals surface area (Å²) in [4.78, 5) is 11.0. The van der Waals surface area contributed by atoms with Crippen molar-refractivity contribution in [2.24, 2.45) is 0 Å². The predicted molar refractivity (Wildman–Crippen MR) is 144 cm³/mol. The quantitative estimate of drug-likeness (QED) is 0.458. The molecule has 0 saturated carbocycles. The van der Waals surface area contributed by atoms with E-state index in [1.54, 1.807) is 24.5 Å². The van der Waals surface area contributed by atoms with Gasteiger partial charge in [0.1, 0.15) is 4.90 Å². The third kappa shape index (κ3) is 6.18. The van der Waals surface area contributed by atoms with E-state index >= 15 is 0 Å². The number of benzene rings is 1. The number of methoxy groups -OCH3 is 1. The van der Waals surface area contributed by atoms with Crippen molar-refractivity contribution >= 4 is 21.3 Å². The molecule has 0 spiro atoms. The van der Waals surface area contributed by atoms with Crippen LogP contribution in [0.3, 0.4) is 0 Å². The third-order valence-corrected chi connectivity index (χ3v) is 8.12. The monoisotopic (exact) mass is 520 g/mol. The molecule has 9 heteroatoms. The lowest BCUT2D eigenvalue weighted by molar-refractivity contribution is 0.161. The van der Waals surface area contributed by atoms with Crippen molar-refractivity contribution < 1.29 is 17.9 Å². The van der Waals surface area contributed by atoms with Gasteiger partial charge in [0.25, 0.3) is 10.0 Å². The first kappa shape index (κ1) is 25.4. The SMILES string of the molecule is COc1ncc(C2=CCOCC2)cc1S(=O)(=O)Nc1cncc(-c2cccc(CN3CCCCC3)c2)c1. The summed E-state index contributed by atoms with van der Waals surface area (Å²) < 4.78 is 40.2. The maximum absolute atomic E-state index is 13.4. The molecule has 1 saturated heterocycles. The molecular formula is C28H32N4O4S. The van der Waals surface area contributed by atoms with Crippen LogP contribution in [0.1, 0.15) is 36.8 Å². The summed E-state index contributed by atoms with van der Waals surface area (Å²) in [5, 5.41) is 0. The van der Waals surface area contributed by atoms with Crippen molar-refractivity contribution in [3.05, 3.63) is 72.2 Å². The first-order valence-electron chi connectivity index (χ1n) is 12.6. The van der Waals surface area contributed by atoms with Gasteiger partial charge in [-0.15, -0.1) is 0 Å². The number of hydrogen-bond acceptors (Lipinski definition) is 7.